The van der Waals surface area contributed by atoms with Gasteiger partial charge >= 0.3 is 0 Å². The van der Waals surface area contributed by atoms with Gasteiger partial charge in [-0.15, -0.1) is 11.3 Å². The SMILES string of the molecule is NCCCc1nc2c(s1)CCCCCC2. The number of hydrogen-bond donors (Lipinski definition) is 1. The average Bonchev–Trinajstić information content (AvgIpc) is 2.57. The highest BCUT2D eigenvalue weighted by molar-refractivity contribution is 7.11. The van der Waals surface area contributed by atoms with E-state index >= 15 is 0 Å². The number of nitrogens with zero attached hydrogens (tertiary/aromatic N) is 1. The molecule has 0 fully saturated rings. The highest BCUT2D eigenvalue weighted by atomic mass is 32.1. The molecular weight excluding hydrogens is 204 g/mol. The van der Waals surface area contributed by atoms with Crippen LogP contribution in [0.1, 0.15) is 47.7 Å². The number of aryl methyl sites for hydroxylation is 3. The van der Waals surface area contributed by atoms with Crippen molar-refractivity contribution in [3.63, 3.8) is 0 Å². The van der Waals surface area contributed by atoms with Crippen LogP contribution in [0.25, 0.3) is 0 Å². The first-order valence-corrected chi connectivity index (χ1v) is 6.89. The van der Waals surface area contributed by atoms with E-state index in [4.69, 9.17) is 10.7 Å². The molecule has 0 atom stereocenters. The van der Waals surface area contributed by atoms with Gasteiger partial charge in [0.1, 0.15) is 0 Å². The van der Waals surface area contributed by atoms with Gasteiger partial charge in [-0.05, 0) is 38.6 Å². The second-order valence-corrected chi connectivity index (χ2v) is 5.45. The quantitative estimate of drug-likeness (QED) is 0.857. The summed E-state index contributed by atoms with van der Waals surface area (Å²) < 4.78 is 0. The second kappa shape index (κ2) is 5.61. The Morgan fingerprint density at radius 1 is 1.13 bits per heavy atom. The van der Waals surface area contributed by atoms with E-state index in [0.29, 0.717) is 0 Å². The van der Waals surface area contributed by atoms with Crippen molar-refractivity contribution in [2.24, 2.45) is 5.73 Å². The maximum atomic E-state index is 5.53. The fourth-order valence-electron chi connectivity index (χ4n) is 2.12. The van der Waals surface area contributed by atoms with Gasteiger partial charge in [-0.1, -0.05) is 12.8 Å². The van der Waals surface area contributed by atoms with Gasteiger partial charge in [-0.3, -0.25) is 0 Å². The molecule has 0 amide bonds. The van der Waals surface area contributed by atoms with Crippen LogP contribution < -0.4 is 5.73 Å². The molecular formula is C12H20N2S. The summed E-state index contributed by atoms with van der Waals surface area (Å²) in [6, 6.07) is 0. The Bertz CT molecular complexity index is 281. The zero-order valence-corrected chi connectivity index (χ0v) is 10.1. The Morgan fingerprint density at radius 3 is 2.73 bits per heavy atom. The van der Waals surface area contributed by atoms with Gasteiger partial charge in [-0.25, -0.2) is 4.98 Å². The molecule has 15 heavy (non-hydrogen) atoms. The minimum Gasteiger partial charge on any atom is -0.330 e. The maximum absolute atomic E-state index is 5.53. The van der Waals surface area contributed by atoms with Crippen molar-refractivity contribution in [3.05, 3.63) is 15.6 Å². The van der Waals surface area contributed by atoms with Gasteiger partial charge in [0.05, 0.1) is 10.7 Å². The van der Waals surface area contributed by atoms with Crippen LogP contribution in [-0.4, -0.2) is 11.5 Å². The highest BCUT2D eigenvalue weighted by Crippen LogP contribution is 2.26. The Kier molecular flexibility index (Phi) is 4.15. The number of hydrogen-bond acceptors (Lipinski definition) is 3. The summed E-state index contributed by atoms with van der Waals surface area (Å²) in [7, 11) is 0. The summed E-state index contributed by atoms with van der Waals surface area (Å²) in [6.07, 6.45) is 10.1. The Labute approximate surface area is 95.9 Å². The van der Waals surface area contributed by atoms with Crippen molar-refractivity contribution in [1.82, 2.24) is 4.98 Å². The third-order valence-corrected chi connectivity index (χ3v) is 4.20. The molecule has 0 saturated carbocycles. The zero-order valence-electron chi connectivity index (χ0n) is 9.30. The van der Waals surface area contributed by atoms with Crippen LogP contribution in [0.2, 0.25) is 0 Å². The summed E-state index contributed by atoms with van der Waals surface area (Å²) >= 11 is 1.93. The van der Waals surface area contributed by atoms with Crippen molar-refractivity contribution in [1.29, 1.82) is 0 Å². The van der Waals surface area contributed by atoms with Crippen LogP contribution in [0.3, 0.4) is 0 Å². The minimum atomic E-state index is 0.782. The molecule has 1 aromatic heterocycles. The smallest absolute Gasteiger partial charge is 0.0931 e. The number of thiazole rings is 1. The monoisotopic (exact) mass is 224 g/mol. The van der Waals surface area contributed by atoms with Crippen LogP contribution in [0, 0.1) is 0 Å². The Hall–Kier alpha value is -0.410. The summed E-state index contributed by atoms with van der Waals surface area (Å²) in [4.78, 5) is 6.31. The van der Waals surface area contributed by atoms with Crippen molar-refractivity contribution in [2.45, 2.75) is 51.4 Å². The first kappa shape index (κ1) is 11.1. The third kappa shape index (κ3) is 3.02. The molecule has 1 aliphatic rings. The fourth-order valence-corrected chi connectivity index (χ4v) is 3.32. The number of fused-ring (bicyclic) bond motifs is 1. The maximum Gasteiger partial charge on any atom is 0.0931 e. The van der Waals surface area contributed by atoms with Gasteiger partial charge < -0.3 is 5.73 Å². The number of aromatic nitrogens is 1. The van der Waals surface area contributed by atoms with Crippen LogP contribution in [0.4, 0.5) is 0 Å². The van der Waals surface area contributed by atoms with E-state index in [1.165, 1.54) is 49.2 Å². The van der Waals surface area contributed by atoms with Gasteiger partial charge in [0, 0.05) is 11.3 Å². The first-order chi connectivity index (χ1) is 7.40. The normalized spacial score (nSPS) is 16.9. The van der Waals surface area contributed by atoms with Crippen molar-refractivity contribution < 1.29 is 0 Å². The Balaban J connectivity index is 2.06. The van der Waals surface area contributed by atoms with E-state index in [1.807, 2.05) is 11.3 Å². The van der Waals surface area contributed by atoms with E-state index in [0.717, 1.165) is 19.4 Å². The lowest BCUT2D eigenvalue weighted by molar-refractivity contribution is 0.615. The van der Waals surface area contributed by atoms with Crippen molar-refractivity contribution >= 4 is 11.3 Å². The predicted octanol–water partition coefficient (Wildman–Crippen LogP) is 2.69. The molecule has 1 aliphatic carbocycles. The first-order valence-electron chi connectivity index (χ1n) is 6.07. The number of rotatable bonds is 3. The molecule has 0 unspecified atom stereocenters. The lowest BCUT2D eigenvalue weighted by atomic mass is 10.0. The molecule has 2 nitrogen and oxygen atoms in total. The molecule has 2 rings (SSSR count). The number of nitrogens with two attached hydrogens (primary N) is 1. The summed E-state index contributed by atoms with van der Waals surface area (Å²) in [5, 5.41) is 1.31. The molecule has 0 radical (unpaired) electrons. The molecule has 0 bridgehead atoms. The molecule has 84 valence electrons. The van der Waals surface area contributed by atoms with Gasteiger partial charge in [0.25, 0.3) is 0 Å². The van der Waals surface area contributed by atoms with Gasteiger partial charge in [0.2, 0.25) is 0 Å². The van der Waals surface area contributed by atoms with E-state index in [-0.39, 0.29) is 0 Å². The third-order valence-electron chi connectivity index (χ3n) is 2.98. The summed E-state index contributed by atoms with van der Waals surface area (Å²) in [5.41, 5.74) is 6.92. The zero-order chi connectivity index (χ0) is 10.5. The van der Waals surface area contributed by atoms with Crippen LogP contribution in [-0.2, 0) is 19.3 Å². The van der Waals surface area contributed by atoms with Crippen LogP contribution in [0.15, 0.2) is 0 Å². The average molecular weight is 224 g/mol. The van der Waals surface area contributed by atoms with E-state index in [2.05, 4.69) is 0 Å². The van der Waals surface area contributed by atoms with Crippen molar-refractivity contribution in [2.75, 3.05) is 6.54 Å². The molecule has 0 spiro atoms. The van der Waals surface area contributed by atoms with E-state index in [1.54, 1.807) is 4.88 Å². The summed E-state index contributed by atoms with van der Waals surface area (Å²) in [6.45, 7) is 0.782. The lowest BCUT2D eigenvalue weighted by Gasteiger charge is -2.06. The van der Waals surface area contributed by atoms with Crippen molar-refractivity contribution in [3.8, 4) is 0 Å². The molecule has 1 aromatic rings. The Morgan fingerprint density at radius 2 is 1.93 bits per heavy atom. The summed E-state index contributed by atoms with van der Waals surface area (Å²) in [5.74, 6) is 0. The second-order valence-electron chi connectivity index (χ2n) is 4.28. The largest absolute Gasteiger partial charge is 0.330 e. The standard InChI is InChI=1S/C12H20N2S/c13-9-5-8-12-14-10-6-3-1-2-4-7-11(10)15-12/h1-9,13H2. The van der Waals surface area contributed by atoms with Gasteiger partial charge in [0.15, 0.2) is 0 Å². The minimum absolute atomic E-state index is 0.782. The van der Waals surface area contributed by atoms with Crippen LogP contribution in [0.5, 0.6) is 0 Å². The van der Waals surface area contributed by atoms with E-state index in [9.17, 15) is 0 Å². The fraction of sp³-hybridized carbons (Fsp3) is 0.750. The highest BCUT2D eigenvalue weighted by Gasteiger charge is 2.12. The molecule has 1 heterocycles. The van der Waals surface area contributed by atoms with Crippen LogP contribution >= 0.6 is 11.3 Å². The molecule has 3 heteroatoms. The topological polar surface area (TPSA) is 38.9 Å². The molecule has 0 saturated heterocycles. The lowest BCUT2D eigenvalue weighted by Crippen LogP contribution is -2.00. The van der Waals surface area contributed by atoms with Gasteiger partial charge in [-0.2, -0.15) is 0 Å². The van der Waals surface area contributed by atoms with E-state index < -0.39 is 0 Å². The predicted molar refractivity (Wildman–Crippen MR) is 65.4 cm³/mol. The molecule has 0 aliphatic heterocycles. The molecule has 2 N–H and O–H groups in total. The molecule has 0 aromatic carbocycles.